The van der Waals surface area contributed by atoms with Crippen LogP contribution in [0.2, 0.25) is 0 Å². The van der Waals surface area contributed by atoms with E-state index in [4.69, 9.17) is 18.0 Å². The number of nitrogens with two attached hydrogens (primary N) is 1. The molecule has 1 aliphatic carbocycles. The van der Waals surface area contributed by atoms with Crippen LogP contribution in [-0.4, -0.2) is 16.9 Å². The second kappa shape index (κ2) is 4.47. The summed E-state index contributed by atoms with van der Waals surface area (Å²) in [4.78, 5) is 12.3. The maximum Gasteiger partial charge on any atom is 0.232 e. The zero-order chi connectivity index (χ0) is 11.6. The van der Waals surface area contributed by atoms with Gasteiger partial charge in [0.2, 0.25) is 5.91 Å². The van der Waals surface area contributed by atoms with Crippen molar-refractivity contribution in [2.24, 2.45) is 17.1 Å². The summed E-state index contributed by atoms with van der Waals surface area (Å²) < 4.78 is 0. The van der Waals surface area contributed by atoms with Crippen molar-refractivity contribution in [1.82, 2.24) is 5.32 Å². The topological polar surface area (TPSA) is 55.1 Å². The summed E-state index contributed by atoms with van der Waals surface area (Å²) in [5.41, 5.74) is 4.93. The summed E-state index contributed by atoms with van der Waals surface area (Å²) in [5, 5.41) is 3.01. The van der Waals surface area contributed by atoms with Gasteiger partial charge in [0.1, 0.15) is 0 Å². The highest BCUT2D eigenvalue weighted by molar-refractivity contribution is 7.80. The molecular weight excluding hydrogens is 208 g/mol. The fraction of sp³-hybridized carbons (Fsp3) is 0.818. The molecule has 1 aliphatic rings. The first-order chi connectivity index (χ1) is 6.90. The maximum atomic E-state index is 12.0. The molecule has 0 aromatic rings. The van der Waals surface area contributed by atoms with E-state index in [1.165, 1.54) is 0 Å². The van der Waals surface area contributed by atoms with Gasteiger partial charge in [0.05, 0.1) is 10.4 Å². The van der Waals surface area contributed by atoms with Crippen molar-refractivity contribution in [1.29, 1.82) is 0 Å². The summed E-state index contributed by atoms with van der Waals surface area (Å²) in [6.07, 6.45) is 2.79. The van der Waals surface area contributed by atoms with Gasteiger partial charge in [-0.05, 0) is 32.1 Å². The van der Waals surface area contributed by atoms with Gasteiger partial charge in [0.25, 0.3) is 0 Å². The summed E-state index contributed by atoms with van der Waals surface area (Å²) in [7, 11) is 0. The van der Waals surface area contributed by atoms with Crippen LogP contribution < -0.4 is 11.1 Å². The molecule has 1 unspecified atom stereocenters. The molecule has 1 rings (SSSR count). The van der Waals surface area contributed by atoms with Crippen molar-refractivity contribution < 1.29 is 4.79 Å². The van der Waals surface area contributed by atoms with Crippen LogP contribution in [-0.2, 0) is 4.79 Å². The number of nitrogens with one attached hydrogen (secondary N) is 1. The first-order valence-electron chi connectivity index (χ1n) is 5.51. The maximum absolute atomic E-state index is 12.0. The van der Waals surface area contributed by atoms with Gasteiger partial charge in [0, 0.05) is 6.04 Å². The molecule has 1 amide bonds. The summed E-state index contributed by atoms with van der Waals surface area (Å²) in [5.74, 6) is 0.711. The van der Waals surface area contributed by atoms with Crippen LogP contribution in [0, 0.1) is 11.3 Å². The lowest BCUT2D eigenvalue weighted by Gasteiger charge is -2.36. The summed E-state index contributed by atoms with van der Waals surface area (Å²) >= 11 is 4.95. The van der Waals surface area contributed by atoms with Gasteiger partial charge in [-0.2, -0.15) is 0 Å². The predicted octanol–water partition coefficient (Wildman–Crippen LogP) is 1.60. The van der Waals surface area contributed by atoms with Gasteiger partial charge in [-0.1, -0.05) is 26.1 Å². The number of carbonyl (C=O) groups is 1. The molecule has 0 bridgehead atoms. The van der Waals surface area contributed by atoms with Crippen molar-refractivity contribution in [3.05, 3.63) is 0 Å². The number of rotatable bonds is 4. The minimum atomic E-state index is -0.686. The second-order valence-corrected chi connectivity index (χ2v) is 5.24. The lowest BCUT2D eigenvalue weighted by Crippen LogP contribution is -2.52. The van der Waals surface area contributed by atoms with Crippen LogP contribution in [0.1, 0.15) is 40.0 Å². The van der Waals surface area contributed by atoms with Crippen molar-refractivity contribution in [2.45, 2.75) is 46.1 Å². The predicted molar refractivity (Wildman–Crippen MR) is 65.5 cm³/mol. The standard InChI is InChI=1S/C11H20N2OS/c1-4-11(3,9(12)15)10(14)13-8-5-7(2)6-8/h7-8H,4-6H2,1-3H3,(H2,12,15)(H,13,14). The summed E-state index contributed by atoms with van der Waals surface area (Å²) in [6, 6.07) is 0.327. The molecule has 1 saturated carbocycles. The van der Waals surface area contributed by atoms with E-state index in [9.17, 15) is 4.79 Å². The highest BCUT2D eigenvalue weighted by Gasteiger charge is 2.37. The van der Waals surface area contributed by atoms with Crippen molar-refractivity contribution >= 4 is 23.1 Å². The molecule has 0 aromatic heterocycles. The van der Waals surface area contributed by atoms with E-state index in [0.717, 1.165) is 18.8 Å². The average Bonchev–Trinajstić information content (AvgIpc) is 2.13. The quantitative estimate of drug-likeness (QED) is 0.719. The van der Waals surface area contributed by atoms with Crippen molar-refractivity contribution in [3.63, 3.8) is 0 Å². The molecular formula is C11H20N2OS. The Hall–Kier alpha value is -0.640. The monoisotopic (exact) mass is 228 g/mol. The third-order valence-electron chi connectivity index (χ3n) is 3.46. The Morgan fingerprint density at radius 2 is 2.13 bits per heavy atom. The highest BCUT2D eigenvalue weighted by atomic mass is 32.1. The smallest absolute Gasteiger partial charge is 0.232 e. The van der Waals surface area contributed by atoms with Crippen molar-refractivity contribution in [3.8, 4) is 0 Å². The van der Waals surface area contributed by atoms with Crippen molar-refractivity contribution in [2.75, 3.05) is 0 Å². The fourth-order valence-electron chi connectivity index (χ4n) is 1.81. The normalized spacial score (nSPS) is 28.7. The molecule has 0 heterocycles. The number of thiocarbonyl (C=S) groups is 1. The van der Waals surface area contributed by atoms with E-state index in [2.05, 4.69) is 12.2 Å². The fourth-order valence-corrected chi connectivity index (χ4v) is 2.05. The van der Waals surface area contributed by atoms with Crippen LogP contribution in [0.25, 0.3) is 0 Å². The number of hydrogen-bond acceptors (Lipinski definition) is 2. The minimum absolute atomic E-state index is 0.0191. The molecule has 3 nitrogen and oxygen atoms in total. The molecule has 3 N–H and O–H groups in total. The van der Waals surface area contributed by atoms with Gasteiger partial charge in [-0.25, -0.2) is 0 Å². The molecule has 1 atom stereocenters. The zero-order valence-corrected chi connectivity index (χ0v) is 10.5. The molecule has 86 valence electrons. The first kappa shape index (κ1) is 12.4. The molecule has 0 radical (unpaired) electrons. The largest absolute Gasteiger partial charge is 0.392 e. The number of hydrogen-bond donors (Lipinski definition) is 2. The van der Waals surface area contributed by atoms with Gasteiger partial charge >= 0.3 is 0 Å². The zero-order valence-electron chi connectivity index (χ0n) is 9.67. The lowest BCUT2D eigenvalue weighted by molar-refractivity contribution is -0.128. The molecule has 0 saturated heterocycles. The first-order valence-corrected chi connectivity index (χ1v) is 5.91. The third kappa shape index (κ3) is 2.48. The van der Waals surface area contributed by atoms with Gasteiger partial charge in [-0.15, -0.1) is 0 Å². The average molecular weight is 228 g/mol. The molecule has 1 fully saturated rings. The van der Waals surface area contributed by atoms with Crippen LogP contribution in [0.3, 0.4) is 0 Å². The van der Waals surface area contributed by atoms with E-state index in [0.29, 0.717) is 12.5 Å². The minimum Gasteiger partial charge on any atom is -0.392 e. The number of amides is 1. The van der Waals surface area contributed by atoms with Crippen LogP contribution in [0.4, 0.5) is 0 Å². The Kier molecular flexibility index (Phi) is 3.71. The summed E-state index contributed by atoms with van der Waals surface area (Å²) in [6.45, 7) is 5.93. The van der Waals surface area contributed by atoms with Gasteiger partial charge in [-0.3, -0.25) is 4.79 Å². The van der Waals surface area contributed by atoms with Gasteiger partial charge < -0.3 is 11.1 Å². The Morgan fingerprint density at radius 1 is 1.60 bits per heavy atom. The Labute approximate surface area is 96.8 Å². The van der Waals surface area contributed by atoms with E-state index in [1.807, 2.05) is 13.8 Å². The van der Waals surface area contributed by atoms with Gasteiger partial charge in [0.15, 0.2) is 0 Å². The SMILES string of the molecule is CCC(C)(C(=O)NC1CC(C)C1)C(N)=S. The second-order valence-electron chi connectivity index (χ2n) is 4.80. The Morgan fingerprint density at radius 3 is 2.47 bits per heavy atom. The van der Waals surface area contributed by atoms with Crippen LogP contribution in [0.5, 0.6) is 0 Å². The van der Waals surface area contributed by atoms with Crippen LogP contribution >= 0.6 is 12.2 Å². The number of carbonyl (C=O) groups excluding carboxylic acids is 1. The Bertz CT molecular complexity index is 274. The van der Waals surface area contributed by atoms with E-state index >= 15 is 0 Å². The molecule has 0 aromatic carbocycles. The molecule has 0 spiro atoms. The third-order valence-corrected chi connectivity index (χ3v) is 3.91. The molecule has 15 heavy (non-hydrogen) atoms. The van der Waals surface area contributed by atoms with E-state index < -0.39 is 5.41 Å². The molecule has 4 heteroatoms. The van der Waals surface area contributed by atoms with E-state index in [-0.39, 0.29) is 10.9 Å². The van der Waals surface area contributed by atoms with E-state index in [1.54, 1.807) is 0 Å². The lowest BCUT2D eigenvalue weighted by atomic mass is 9.80. The Balaban J connectivity index is 2.54. The highest BCUT2D eigenvalue weighted by Crippen LogP contribution is 2.28. The molecule has 0 aliphatic heterocycles. The van der Waals surface area contributed by atoms with Crippen LogP contribution in [0.15, 0.2) is 0 Å².